The van der Waals surface area contributed by atoms with Gasteiger partial charge in [-0.2, -0.15) is 0 Å². The number of aromatic amines is 1. The van der Waals surface area contributed by atoms with Crippen LogP contribution in [-0.4, -0.2) is 41.7 Å². The van der Waals surface area contributed by atoms with Gasteiger partial charge in [-0.15, -0.1) is 0 Å². The van der Waals surface area contributed by atoms with Crippen molar-refractivity contribution in [3.63, 3.8) is 0 Å². The molecule has 1 heterocycles. The number of rotatable bonds is 9. The van der Waals surface area contributed by atoms with Crippen LogP contribution in [0.1, 0.15) is 24.5 Å². The summed E-state index contributed by atoms with van der Waals surface area (Å²) in [5.41, 5.74) is 6.89. The van der Waals surface area contributed by atoms with Crippen molar-refractivity contribution in [2.75, 3.05) is 27.9 Å². The third-order valence-corrected chi connectivity index (χ3v) is 6.08. The molecule has 0 amide bonds. The summed E-state index contributed by atoms with van der Waals surface area (Å²) in [5.74, 6) is 0.400. The molecule has 0 aliphatic heterocycles. The molecule has 0 fully saturated rings. The van der Waals surface area contributed by atoms with Crippen LogP contribution >= 0.6 is 0 Å². The minimum absolute atomic E-state index is 0.400. The van der Waals surface area contributed by atoms with Crippen molar-refractivity contribution in [1.29, 1.82) is 0 Å². The zero-order valence-corrected chi connectivity index (χ0v) is 12.4. The second-order valence-electron chi connectivity index (χ2n) is 4.23. The average molecular weight is 272 g/mol. The molecule has 1 aromatic rings. The number of hydrogen-bond acceptors (Lipinski definition) is 4. The lowest BCUT2D eigenvalue weighted by Crippen LogP contribution is -2.42. The molecule has 18 heavy (non-hydrogen) atoms. The molecule has 104 valence electrons. The van der Waals surface area contributed by atoms with Gasteiger partial charge in [0.05, 0.1) is 0 Å². The van der Waals surface area contributed by atoms with Gasteiger partial charge in [-0.25, -0.2) is 0 Å². The van der Waals surface area contributed by atoms with E-state index in [-0.39, 0.29) is 0 Å². The van der Waals surface area contributed by atoms with Crippen molar-refractivity contribution in [3.05, 3.63) is 24.0 Å². The molecule has 0 radical (unpaired) electrons. The maximum Gasteiger partial charge on any atom is 0.500 e. The summed E-state index contributed by atoms with van der Waals surface area (Å²) in [7, 11) is 2.46. The summed E-state index contributed by atoms with van der Waals surface area (Å²) in [6, 6.07) is 4.89. The summed E-state index contributed by atoms with van der Waals surface area (Å²) in [5, 5.41) is 0. The van der Waals surface area contributed by atoms with Gasteiger partial charge in [0.2, 0.25) is 0 Å². The van der Waals surface area contributed by atoms with Crippen molar-refractivity contribution in [3.8, 4) is 0 Å². The molecule has 0 spiro atoms. The maximum absolute atomic E-state index is 5.68. The van der Waals surface area contributed by atoms with Gasteiger partial charge in [0.25, 0.3) is 0 Å². The number of nitrogens with two attached hydrogens (primary N) is 1. The summed E-state index contributed by atoms with van der Waals surface area (Å²) in [6.45, 7) is 0.672. The van der Waals surface area contributed by atoms with Gasteiger partial charge >= 0.3 is 8.80 Å². The molecular formula is C12H24N2O3Si. The highest BCUT2D eigenvalue weighted by Crippen LogP contribution is 2.27. The Balaban J connectivity index is 2.62. The van der Waals surface area contributed by atoms with Crippen molar-refractivity contribution >= 4 is 8.80 Å². The van der Waals surface area contributed by atoms with E-state index in [2.05, 4.69) is 11.1 Å². The first-order valence-corrected chi connectivity index (χ1v) is 8.13. The topological polar surface area (TPSA) is 69.5 Å². The number of H-pyrrole nitrogens is 1. The first-order valence-electron chi connectivity index (χ1n) is 6.20. The Morgan fingerprint density at radius 3 is 2.33 bits per heavy atom. The van der Waals surface area contributed by atoms with Crippen molar-refractivity contribution in [2.24, 2.45) is 5.73 Å². The Hall–Kier alpha value is -0.663. The molecule has 6 heteroatoms. The van der Waals surface area contributed by atoms with Gasteiger partial charge in [-0.3, -0.25) is 0 Å². The lowest BCUT2D eigenvalue weighted by atomic mass is 9.99. The van der Waals surface area contributed by atoms with Gasteiger partial charge in [-0.1, -0.05) is 0 Å². The van der Waals surface area contributed by atoms with Crippen LogP contribution in [0.25, 0.3) is 0 Å². The van der Waals surface area contributed by atoms with Crippen LogP contribution in [0, 0.1) is 0 Å². The van der Waals surface area contributed by atoms with E-state index in [1.54, 1.807) is 21.3 Å². The highest BCUT2D eigenvalue weighted by Gasteiger charge is 2.38. The minimum Gasteiger partial charge on any atom is -0.377 e. The lowest BCUT2D eigenvalue weighted by Gasteiger charge is -2.26. The van der Waals surface area contributed by atoms with Crippen LogP contribution < -0.4 is 5.73 Å². The van der Waals surface area contributed by atoms with Crippen LogP contribution in [0.3, 0.4) is 0 Å². The Labute approximate surface area is 110 Å². The second kappa shape index (κ2) is 7.70. The van der Waals surface area contributed by atoms with Gasteiger partial charge in [0.1, 0.15) is 0 Å². The van der Waals surface area contributed by atoms with E-state index >= 15 is 0 Å². The molecule has 0 aliphatic rings. The maximum atomic E-state index is 5.68. The smallest absolute Gasteiger partial charge is 0.377 e. The largest absolute Gasteiger partial charge is 0.500 e. The van der Waals surface area contributed by atoms with E-state index in [4.69, 9.17) is 19.0 Å². The van der Waals surface area contributed by atoms with Crippen LogP contribution in [0.15, 0.2) is 18.3 Å². The molecule has 0 saturated heterocycles. The third-order valence-electron chi connectivity index (χ3n) is 3.31. The average Bonchev–Trinajstić information content (AvgIpc) is 2.93. The molecule has 0 aromatic carbocycles. The highest BCUT2D eigenvalue weighted by molar-refractivity contribution is 6.60. The predicted molar refractivity (Wildman–Crippen MR) is 73.4 cm³/mol. The van der Waals surface area contributed by atoms with Crippen LogP contribution in [0.4, 0.5) is 0 Å². The van der Waals surface area contributed by atoms with E-state index in [0.717, 1.165) is 18.9 Å². The predicted octanol–water partition coefficient (Wildman–Crippen LogP) is 1.72. The SMILES string of the molecule is CO[Si](CCC(CCN)c1ccc[nH]1)(OC)OC. The van der Waals surface area contributed by atoms with Crippen molar-refractivity contribution in [2.45, 2.75) is 24.8 Å². The number of aromatic nitrogens is 1. The zero-order valence-electron chi connectivity index (χ0n) is 11.4. The standard InChI is InChI=1S/C12H24N2O3Si/c1-15-18(16-2,17-3)10-7-11(6-8-13)12-5-4-9-14-12/h4-5,9,11,14H,6-8,10,13H2,1-3H3. The Kier molecular flexibility index (Phi) is 6.59. The van der Waals surface area contributed by atoms with Crippen LogP contribution in [-0.2, 0) is 13.3 Å². The molecule has 0 bridgehead atoms. The number of hydrogen-bond donors (Lipinski definition) is 2. The van der Waals surface area contributed by atoms with E-state index in [1.165, 1.54) is 5.69 Å². The van der Waals surface area contributed by atoms with E-state index in [1.807, 2.05) is 12.3 Å². The first kappa shape index (κ1) is 15.4. The fourth-order valence-corrected chi connectivity index (χ4v) is 3.98. The molecule has 1 atom stereocenters. The molecule has 1 aromatic heterocycles. The van der Waals surface area contributed by atoms with Gasteiger partial charge in [-0.05, 0) is 31.5 Å². The Morgan fingerprint density at radius 2 is 1.89 bits per heavy atom. The van der Waals surface area contributed by atoms with Crippen LogP contribution in [0.2, 0.25) is 6.04 Å². The van der Waals surface area contributed by atoms with Crippen LogP contribution in [0.5, 0.6) is 0 Å². The van der Waals surface area contributed by atoms with Crippen molar-refractivity contribution in [1.82, 2.24) is 4.98 Å². The third kappa shape index (κ3) is 3.93. The molecule has 0 aliphatic carbocycles. The molecule has 0 saturated carbocycles. The Bertz CT molecular complexity index is 307. The quantitative estimate of drug-likeness (QED) is 0.672. The fraction of sp³-hybridized carbons (Fsp3) is 0.667. The summed E-state index contributed by atoms with van der Waals surface area (Å²) in [6.07, 6.45) is 3.83. The zero-order chi connectivity index (χ0) is 13.4. The molecule has 1 unspecified atom stereocenters. The monoisotopic (exact) mass is 272 g/mol. The normalized spacial score (nSPS) is 13.8. The minimum atomic E-state index is -2.48. The van der Waals surface area contributed by atoms with Gasteiger partial charge < -0.3 is 24.0 Å². The fourth-order valence-electron chi connectivity index (χ4n) is 2.16. The van der Waals surface area contributed by atoms with Gasteiger partial charge in [0, 0.05) is 45.2 Å². The molecule has 1 rings (SSSR count). The van der Waals surface area contributed by atoms with Gasteiger partial charge in [0.15, 0.2) is 0 Å². The molecular weight excluding hydrogens is 248 g/mol. The van der Waals surface area contributed by atoms with Crippen molar-refractivity contribution < 1.29 is 13.3 Å². The summed E-state index contributed by atoms with van der Waals surface area (Å²) >= 11 is 0. The van der Waals surface area contributed by atoms with E-state index in [9.17, 15) is 0 Å². The second-order valence-corrected chi connectivity index (χ2v) is 7.32. The van der Waals surface area contributed by atoms with E-state index < -0.39 is 8.80 Å². The highest BCUT2D eigenvalue weighted by atomic mass is 28.4. The first-order chi connectivity index (χ1) is 8.71. The summed E-state index contributed by atoms with van der Waals surface area (Å²) in [4.78, 5) is 3.25. The Morgan fingerprint density at radius 1 is 1.22 bits per heavy atom. The lowest BCUT2D eigenvalue weighted by molar-refractivity contribution is 0.122. The van der Waals surface area contributed by atoms with E-state index in [0.29, 0.717) is 12.5 Å². The molecule has 5 nitrogen and oxygen atoms in total. The number of nitrogens with one attached hydrogen (secondary N) is 1. The summed E-state index contributed by atoms with van der Waals surface area (Å²) < 4.78 is 16.3. The molecule has 3 N–H and O–H groups in total.